The molecule has 1 aromatic heterocycles. The molecule has 0 radical (unpaired) electrons. The van der Waals surface area contributed by atoms with E-state index in [1.165, 1.54) is 5.56 Å². The van der Waals surface area contributed by atoms with Crippen LogP contribution in [0.15, 0.2) is 59.0 Å². The summed E-state index contributed by atoms with van der Waals surface area (Å²) in [7, 11) is 4.20. The molecule has 0 aliphatic carbocycles. The highest BCUT2D eigenvalue weighted by Crippen LogP contribution is 2.20. The molecule has 0 bridgehead atoms. The Labute approximate surface area is 183 Å². The molecule has 0 aliphatic heterocycles. The van der Waals surface area contributed by atoms with E-state index in [1.807, 2.05) is 42.5 Å². The average Bonchev–Trinajstić information content (AvgIpc) is 3.23. The molecule has 2 aromatic carbocycles. The van der Waals surface area contributed by atoms with E-state index in [9.17, 15) is 0 Å². The van der Waals surface area contributed by atoms with E-state index in [2.05, 4.69) is 46.6 Å². The first-order valence-corrected chi connectivity index (χ1v) is 11.4. The van der Waals surface area contributed by atoms with Crippen molar-refractivity contribution in [1.29, 1.82) is 0 Å². The Balaban J connectivity index is 1.36. The van der Waals surface area contributed by atoms with Gasteiger partial charge in [-0.25, -0.2) is 0 Å². The summed E-state index contributed by atoms with van der Waals surface area (Å²) < 4.78 is 11.5. The maximum Gasteiger partial charge on any atom is 0.247 e. The predicted octanol–water partition coefficient (Wildman–Crippen LogP) is 4.09. The minimum atomic E-state index is 0.566. The maximum absolute atomic E-state index is 5.81. The molecule has 1 N–H and O–H groups in total. The third-order valence-corrected chi connectivity index (χ3v) is 5.33. The van der Waals surface area contributed by atoms with Crippen LogP contribution in [0.5, 0.6) is 5.75 Å². The fourth-order valence-electron chi connectivity index (χ4n) is 2.84. The summed E-state index contributed by atoms with van der Waals surface area (Å²) in [6.45, 7) is 3.63. The highest BCUT2D eigenvalue weighted by atomic mass is 32.2. The topological polar surface area (TPSA) is 63.4 Å². The average molecular weight is 427 g/mol. The van der Waals surface area contributed by atoms with Gasteiger partial charge in [0.05, 0.1) is 12.4 Å². The molecule has 0 atom stereocenters. The van der Waals surface area contributed by atoms with Crippen LogP contribution in [0.3, 0.4) is 0 Å². The van der Waals surface area contributed by atoms with Crippen LogP contribution >= 0.6 is 11.8 Å². The third kappa shape index (κ3) is 7.82. The lowest BCUT2D eigenvalue weighted by atomic mass is 10.1. The first-order chi connectivity index (χ1) is 14.7. The first kappa shape index (κ1) is 22.3. The first-order valence-electron chi connectivity index (χ1n) is 10.2. The van der Waals surface area contributed by atoms with Crippen molar-refractivity contribution in [2.75, 3.05) is 39.5 Å². The molecule has 3 aromatic rings. The predicted molar refractivity (Wildman–Crippen MR) is 123 cm³/mol. The van der Waals surface area contributed by atoms with E-state index in [0.29, 0.717) is 24.1 Å². The second-order valence-electron chi connectivity index (χ2n) is 7.25. The quantitative estimate of drug-likeness (QED) is 0.413. The van der Waals surface area contributed by atoms with E-state index in [0.717, 1.165) is 43.1 Å². The molecule has 0 fully saturated rings. The standard InChI is InChI=1S/C23H30N4O2S/c1-27(2)14-6-13-24-17-19-9-11-20(12-10-19)23-26-25-22(29-23)18-30-16-15-28-21-7-4-3-5-8-21/h3-5,7-12,24H,6,13-18H2,1-2H3. The molecule has 0 spiro atoms. The van der Waals surface area contributed by atoms with Gasteiger partial charge >= 0.3 is 0 Å². The summed E-state index contributed by atoms with van der Waals surface area (Å²) >= 11 is 1.72. The minimum Gasteiger partial charge on any atom is -0.493 e. The lowest BCUT2D eigenvalue weighted by molar-refractivity contribution is 0.344. The minimum absolute atomic E-state index is 0.566. The largest absolute Gasteiger partial charge is 0.493 e. The molecule has 1 heterocycles. The lowest BCUT2D eigenvalue weighted by Gasteiger charge is -2.09. The van der Waals surface area contributed by atoms with Gasteiger partial charge in [0.15, 0.2) is 0 Å². The van der Waals surface area contributed by atoms with Crippen molar-refractivity contribution in [2.45, 2.75) is 18.7 Å². The van der Waals surface area contributed by atoms with Gasteiger partial charge in [0, 0.05) is 17.9 Å². The Hall–Kier alpha value is -2.35. The fraction of sp³-hybridized carbons (Fsp3) is 0.391. The number of nitrogens with zero attached hydrogens (tertiary/aromatic N) is 3. The fourth-order valence-corrected chi connectivity index (χ4v) is 3.48. The lowest BCUT2D eigenvalue weighted by Crippen LogP contribution is -2.20. The second kappa shape index (κ2) is 12.4. The molecule has 30 heavy (non-hydrogen) atoms. The zero-order valence-electron chi connectivity index (χ0n) is 17.7. The maximum atomic E-state index is 5.81. The Morgan fingerprint density at radius 2 is 1.83 bits per heavy atom. The van der Waals surface area contributed by atoms with Crippen molar-refractivity contribution < 1.29 is 9.15 Å². The molecular weight excluding hydrogens is 396 g/mol. The monoisotopic (exact) mass is 426 g/mol. The van der Waals surface area contributed by atoms with Crippen molar-refractivity contribution in [3.8, 4) is 17.2 Å². The van der Waals surface area contributed by atoms with Crippen LogP contribution in [0, 0.1) is 0 Å². The molecule has 3 rings (SSSR count). The molecule has 0 unspecified atom stereocenters. The molecule has 0 saturated carbocycles. The summed E-state index contributed by atoms with van der Waals surface area (Å²) in [6.07, 6.45) is 1.15. The Bertz CT molecular complexity index is 853. The van der Waals surface area contributed by atoms with E-state index >= 15 is 0 Å². The van der Waals surface area contributed by atoms with Gasteiger partial charge in [-0.1, -0.05) is 30.3 Å². The van der Waals surface area contributed by atoms with E-state index < -0.39 is 0 Å². The highest BCUT2D eigenvalue weighted by molar-refractivity contribution is 7.98. The number of nitrogens with one attached hydrogen (secondary N) is 1. The molecule has 6 nitrogen and oxygen atoms in total. The number of aromatic nitrogens is 2. The number of hydrogen-bond acceptors (Lipinski definition) is 7. The van der Waals surface area contributed by atoms with Gasteiger partial charge < -0.3 is 19.4 Å². The molecule has 0 saturated heterocycles. The summed E-state index contributed by atoms with van der Waals surface area (Å²) in [5.41, 5.74) is 2.19. The third-order valence-electron chi connectivity index (χ3n) is 4.42. The van der Waals surface area contributed by atoms with Crippen LogP contribution < -0.4 is 10.1 Å². The molecule has 160 valence electrons. The van der Waals surface area contributed by atoms with Gasteiger partial charge in [-0.05, 0) is 63.4 Å². The number of benzene rings is 2. The molecule has 0 amide bonds. The van der Waals surface area contributed by atoms with Crippen LogP contribution in [0.25, 0.3) is 11.5 Å². The molecular formula is C23H30N4O2S. The highest BCUT2D eigenvalue weighted by Gasteiger charge is 2.08. The Kier molecular flexibility index (Phi) is 9.21. The van der Waals surface area contributed by atoms with Gasteiger partial charge in [-0.2, -0.15) is 0 Å². The van der Waals surface area contributed by atoms with E-state index in [-0.39, 0.29) is 0 Å². The smallest absolute Gasteiger partial charge is 0.247 e. The second-order valence-corrected chi connectivity index (χ2v) is 8.35. The SMILES string of the molecule is CN(C)CCCNCc1ccc(-c2nnc(CSCCOc3ccccc3)o2)cc1. The van der Waals surface area contributed by atoms with Crippen LogP contribution in [-0.2, 0) is 12.3 Å². The Morgan fingerprint density at radius 3 is 2.60 bits per heavy atom. The van der Waals surface area contributed by atoms with Crippen LogP contribution in [-0.4, -0.2) is 54.6 Å². The summed E-state index contributed by atoms with van der Waals surface area (Å²) in [4.78, 5) is 2.20. The number of rotatable bonds is 13. The van der Waals surface area contributed by atoms with Crippen molar-refractivity contribution in [1.82, 2.24) is 20.4 Å². The summed E-state index contributed by atoms with van der Waals surface area (Å²) in [5.74, 6) is 3.64. The van der Waals surface area contributed by atoms with Crippen LogP contribution in [0.2, 0.25) is 0 Å². The molecule has 0 aliphatic rings. The van der Waals surface area contributed by atoms with Gasteiger partial charge in [-0.15, -0.1) is 22.0 Å². The molecule has 7 heteroatoms. The number of thioether (sulfide) groups is 1. The van der Waals surface area contributed by atoms with Crippen molar-refractivity contribution >= 4 is 11.8 Å². The zero-order chi connectivity index (χ0) is 21.0. The Morgan fingerprint density at radius 1 is 1.03 bits per heavy atom. The number of ether oxygens (including phenoxy) is 1. The van der Waals surface area contributed by atoms with Crippen LogP contribution in [0.4, 0.5) is 0 Å². The summed E-state index contributed by atoms with van der Waals surface area (Å²) in [5, 5.41) is 11.8. The number of hydrogen-bond donors (Lipinski definition) is 1. The van der Waals surface area contributed by atoms with Crippen molar-refractivity contribution in [2.24, 2.45) is 0 Å². The van der Waals surface area contributed by atoms with Gasteiger partial charge in [0.2, 0.25) is 11.8 Å². The van der Waals surface area contributed by atoms with Gasteiger partial charge in [-0.3, -0.25) is 0 Å². The van der Waals surface area contributed by atoms with Crippen LogP contribution in [0.1, 0.15) is 17.9 Å². The summed E-state index contributed by atoms with van der Waals surface area (Å²) in [6, 6.07) is 18.1. The normalized spacial score (nSPS) is 11.2. The van der Waals surface area contributed by atoms with Gasteiger partial charge in [0.1, 0.15) is 5.75 Å². The van der Waals surface area contributed by atoms with Crippen molar-refractivity contribution in [3.63, 3.8) is 0 Å². The van der Waals surface area contributed by atoms with Crippen molar-refractivity contribution in [3.05, 3.63) is 66.1 Å². The zero-order valence-corrected chi connectivity index (χ0v) is 18.5. The van der Waals surface area contributed by atoms with E-state index in [4.69, 9.17) is 9.15 Å². The van der Waals surface area contributed by atoms with E-state index in [1.54, 1.807) is 11.8 Å². The van der Waals surface area contributed by atoms with Gasteiger partial charge in [0.25, 0.3) is 0 Å². The number of para-hydroxylation sites is 1.